The first kappa shape index (κ1) is 12.1. The van der Waals surface area contributed by atoms with E-state index in [9.17, 15) is 4.11 Å². The Balaban J connectivity index is 4.09. The van der Waals surface area contributed by atoms with Crippen molar-refractivity contribution in [2.75, 3.05) is 0 Å². The molecule has 4 heteroatoms. The number of halogens is 1. The van der Waals surface area contributed by atoms with Gasteiger partial charge in [0.25, 0.3) is 0 Å². The second-order valence-corrected chi connectivity index (χ2v) is 7.86. The first-order valence-electron chi connectivity index (χ1n) is 4.37. The first-order chi connectivity index (χ1) is 5.89. The molecule has 0 saturated heterocycles. The molecule has 0 aliphatic heterocycles. The Kier molecular flexibility index (Phi) is 4.65. The van der Waals surface area contributed by atoms with Gasteiger partial charge in [0.2, 0.25) is 8.41 Å². The van der Waals surface area contributed by atoms with Crippen LogP contribution in [0.4, 0.5) is 4.11 Å². The number of hydrogen-bond acceptors (Lipinski definition) is 2. The Morgan fingerprint density at radius 3 is 2.15 bits per heavy atom. The highest BCUT2D eigenvalue weighted by molar-refractivity contribution is 6.70. The van der Waals surface area contributed by atoms with Crippen molar-refractivity contribution in [2.45, 2.75) is 32.5 Å². The lowest BCUT2D eigenvalue weighted by Gasteiger charge is -2.15. The summed E-state index contributed by atoms with van der Waals surface area (Å²) in [6.07, 6.45) is 0.493. The van der Waals surface area contributed by atoms with Crippen LogP contribution in [-0.2, 0) is 0 Å². The highest BCUT2D eigenvalue weighted by atomic mass is 28.4. The van der Waals surface area contributed by atoms with Crippen molar-refractivity contribution < 1.29 is 4.11 Å². The lowest BCUT2D eigenvalue weighted by molar-refractivity contribution is 0.545. The predicted octanol–water partition coefficient (Wildman–Crippen LogP) is 2.85. The maximum atomic E-state index is 13.3. The molecular weight excluding hydrogens is 183 g/mol. The average molecular weight is 198 g/mol. The second-order valence-electron chi connectivity index (χ2n) is 4.01. The fourth-order valence-electron chi connectivity index (χ4n) is 1.25. The molecule has 0 saturated carbocycles. The minimum absolute atomic E-state index is 0.152. The van der Waals surface area contributed by atoms with E-state index in [2.05, 4.69) is 12.1 Å². The number of hydrogen-bond donors (Lipinski definition) is 0. The number of nitriles is 2. The van der Waals surface area contributed by atoms with Crippen LogP contribution >= 0.6 is 0 Å². The molecule has 0 aromatic carbocycles. The molecule has 0 aromatic rings. The zero-order valence-electron chi connectivity index (χ0n) is 8.34. The van der Waals surface area contributed by atoms with Crippen LogP contribution in [-0.4, -0.2) is 8.41 Å². The van der Waals surface area contributed by atoms with Gasteiger partial charge in [0.1, 0.15) is 0 Å². The summed E-state index contributed by atoms with van der Waals surface area (Å²) in [7, 11) is -2.65. The van der Waals surface area contributed by atoms with Gasteiger partial charge in [0.15, 0.2) is 0 Å². The molecule has 0 aliphatic rings. The molecule has 0 fully saturated rings. The number of nitrogens with zero attached hydrogens (tertiary/aromatic N) is 2. The van der Waals surface area contributed by atoms with E-state index in [4.69, 9.17) is 10.5 Å². The Bertz CT molecular complexity index is 233. The predicted molar refractivity (Wildman–Crippen MR) is 51.9 cm³/mol. The summed E-state index contributed by atoms with van der Waals surface area (Å²) in [6.45, 7) is 4.94. The molecule has 0 aromatic heterocycles. The van der Waals surface area contributed by atoms with Gasteiger partial charge in [0, 0.05) is 11.8 Å². The van der Waals surface area contributed by atoms with E-state index < -0.39 is 8.41 Å². The second kappa shape index (κ2) is 4.99. The van der Waals surface area contributed by atoms with Crippen molar-refractivity contribution in [3.8, 4) is 12.1 Å². The maximum absolute atomic E-state index is 13.3. The fourth-order valence-corrected chi connectivity index (χ4v) is 2.68. The minimum Gasteiger partial charge on any atom is -0.314 e. The van der Waals surface area contributed by atoms with Crippen molar-refractivity contribution in [3.05, 3.63) is 0 Å². The summed E-state index contributed by atoms with van der Waals surface area (Å²) >= 11 is 0. The van der Waals surface area contributed by atoms with Crippen LogP contribution in [0.5, 0.6) is 0 Å². The van der Waals surface area contributed by atoms with E-state index >= 15 is 0 Å². The van der Waals surface area contributed by atoms with Crippen LogP contribution in [0.1, 0.15) is 13.3 Å². The Morgan fingerprint density at radius 2 is 1.85 bits per heavy atom. The zero-order valence-corrected chi connectivity index (χ0v) is 9.34. The maximum Gasteiger partial charge on any atom is 0.242 e. The zero-order chi connectivity index (χ0) is 10.5. The monoisotopic (exact) mass is 198 g/mol. The van der Waals surface area contributed by atoms with E-state index in [0.717, 1.165) is 0 Å². The van der Waals surface area contributed by atoms with Gasteiger partial charge in [0.05, 0.1) is 12.1 Å². The normalized spacial score (nSPS) is 15.5. The third-order valence-corrected chi connectivity index (χ3v) is 3.24. The molecular formula is C9H15FN2Si. The SMILES string of the molecule is CC(C#N)CC(C#N)C[Si](C)(C)F. The quantitative estimate of drug-likeness (QED) is 0.515. The van der Waals surface area contributed by atoms with Gasteiger partial charge in [-0.3, -0.25) is 0 Å². The van der Waals surface area contributed by atoms with Crippen LogP contribution in [0.15, 0.2) is 0 Å². The Morgan fingerprint density at radius 1 is 1.31 bits per heavy atom. The van der Waals surface area contributed by atoms with Crippen molar-refractivity contribution in [3.63, 3.8) is 0 Å². The summed E-state index contributed by atoms with van der Waals surface area (Å²) in [5.41, 5.74) is 0. The molecule has 0 spiro atoms. The molecule has 13 heavy (non-hydrogen) atoms. The van der Waals surface area contributed by atoms with Crippen LogP contribution in [0.25, 0.3) is 0 Å². The van der Waals surface area contributed by atoms with Crippen molar-refractivity contribution >= 4 is 8.41 Å². The van der Waals surface area contributed by atoms with E-state index in [0.29, 0.717) is 12.5 Å². The molecule has 0 N–H and O–H groups in total. The van der Waals surface area contributed by atoms with Crippen molar-refractivity contribution in [1.82, 2.24) is 0 Å². The molecule has 2 atom stereocenters. The lowest BCUT2D eigenvalue weighted by Crippen LogP contribution is -2.22. The molecule has 0 amide bonds. The van der Waals surface area contributed by atoms with Crippen LogP contribution < -0.4 is 0 Å². The van der Waals surface area contributed by atoms with E-state index in [1.807, 2.05) is 0 Å². The molecule has 0 aliphatic carbocycles. The van der Waals surface area contributed by atoms with Crippen molar-refractivity contribution in [2.24, 2.45) is 11.8 Å². The highest BCUT2D eigenvalue weighted by Gasteiger charge is 2.26. The van der Waals surface area contributed by atoms with E-state index in [1.165, 1.54) is 0 Å². The third-order valence-electron chi connectivity index (χ3n) is 1.77. The molecule has 2 unspecified atom stereocenters. The lowest BCUT2D eigenvalue weighted by atomic mass is 10.00. The number of rotatable bonds is 4. The highest BCUT2D eigenvalue weighted by Crippen LogP contribution is 2.23. The molecule has 72 valence electrons. The van der Waals surface area contributed by atoms with Gasteiger partial charge in [-0.1, -0.05) is 0 Å². The summed E-state index contributed by atoms with van der Waals surface area (Å²) in [5.74, 6) is -0.442. The molecule has 2 nitrogen and oxygen atoms in total. The van der Waals surface area contributed by atoms with Crippen LogP contribution in [0.2, 0.25) is 19.1 Å². The smallest absolute Gasteiger partial charge is 0.242 e. The summed E-state index contributed by atoms with van der Waals surface area (Å²) < 4.78 is 13.3. The van der Waals surface area contributed by atoms with Gasteiger partial charge >= 0.3 is 0 Å². The molecule has 0 rings (SSSR count). The van der Waals surface area contributed by atoms with Crippen LogP contribution in [0.3, 0.4) is 0 Å². The largest absolute Gasteiger partial charge is 0.314 e. The fraction of sp³-hybridized carbons (Fsp3) is 0.778. The van der Waals surface area contributed by atoms with Gasteiger partial charge < -0.3 is 4.11 Å². The summed E-state index contributed by atoms with van der Waals surface area (Å²) in [6, 6.07) is 4.47. The van der Waals surface area contributed by atoms with Gasteiger partial charge in [-0.2, -0.15) is 10.5 Å². The topological polar surface area (TPSA) is 47.6 Å². The standard InChI is InChI=1S/C9H15FN2Si/c1-8(5-11)4-9(6-12)7-13(2,3)10/h8-9H,4,7H2,1-3H3. The summed E-state index contributed by atoms with van der Waals surface area (Å²) in [5, 5.41) is 17.3. The molecule has 0 heterocycles. The van der Waals surface area contributed by atoms with Gasteiger partial charge in [-0.15, -0.1) is 0 Å². The summed E-state index contributed by atoms with van der Waals surface area (Å²) in [4.78, 5) is 0. The van der Waals surface area contributed by atoms with Crippen LogP contribution in [0, 0.1) is 34.5 Å². The van der Waals surface area contributed by atoms with Crippen molar-refractivity contribution in [1.29, 1.82) is 10.5 Å². The first-order valence-corrected chi connectivity index (χ1v) is 7.45. The van der Waals surface area contributed by atoms with Gasteiger partial charge in [-0.05, 0) is 32.5 Å². The third kappa shape index (κ3) is 6.30. The molecule has 0 radical (unpaired) electrons. The van der Waals surface area contributed by atoms with E-state index in [1.54, 1.807) is 20.0 Å². The average Bonchev–Trinajstić information content (AvgIpc) is 2.00. The van der Waals surface area contributed by atoms with Gasteiger partial charge in [-0.25, -0.2) is 0 Å². The van der Waals surface area contributed by atoms with E-state index in [-0.39, 0.29) is 11.8 Å². The minimum atomic E-state index is -2.65. The Hall–Kier alpha value is -0.873. The molecule has 0 bridgehead atoms. The Labute approximate surface area is 80.2 Å².